The molecule has 1 N–H and O–H groups in total. The first-order valence-corrected chi connectivity index (χ1v) is 7.86. The fourth-order valence-corrected chi connectivity index (χ4v) is 4.77. The van der Waals surface area contributed by atoms with Gasteiger partial charge in [0.1, 0.15) is 0 Å². The minimum Gasteiger partial charge on any atom is -0.312 e. The van der Waals surface area contributed by atoms with E-state index in [0.717, 1.165) is 0 Å². The van der Waals surface area contributed by atoms with E-state index < -0.39 is 0 Å². The third-order valence-corrected chi connectivity index (χ3v) is 5.91. The minimum atomic E-state index is 0.484. The van der Waals surface area contributed by atoms with E-state index in [1.165, 1.54) is 42.1 Å². The summed E-state index contributed by atoms with van der Waals surface area (Å²) in [6.07, 6.45) is 6.82. The normalized spacial score (nSPS) is 21.2. The van der Waals surface area contributed by atoms with Gasteiger partial charge in [0.15, 0.2) is 0 Å². The molecule has 1 aromatic rings. The fraction of sp³-hybridized carbons (Fsp3) is 0.692. The average molecular weight is 302 g/mol. The fourth-order valence-electron chi connectivity index (χ4n) is 3.21. The van der Waals surface area contributed by atoms with Crippen LogP contribution in [0.2, 0.25) is 0 Å². The van der Waals surface area contributed by atoms with Gasteiger partial charge in [-0.15, -0.1) is 0 Å². The molecular formula is C13H20BrNS. The number of nitrogens with one attached hydrogen (secondary N) is 1. The number of rotatable bonds is 4. The number of thiophene rings is 1. The Morgan fingerprint density at radius 3 is 2.56 bits per heavy atom. The molecule has 0 saturated heterocycles. The topological polar surface area (TPSA) is 12.0 Å². The van der Waals surface area contributed by atoms with E-state index in [4.69, 9.17) is 0 Å². The zero-order valence-corrected chi connectivity index (χ0v) is 12.5. The van der Waals surface area contributed by atoms with Crippen molar-refractivity contribution >= 4 is 27.3 Å². The molecule has 0 aliphatic heterocycles. The third-order valence-electron chi connectivity index (χ3n) is 4.16. The van der Waals surface area contributed by atoms with Crippen molar-refractivity contribution in [3.8, 4) is 0 Å². The van der Waals surface area contributed by atoms with Crippen LogP contribution in [0, 0.1) is 5.41 Å². The van der Waals surface area contributed by atoms with Gasteiger partial charge in [-0.25, -0.2) is 0 Å². The van der Waals surface area contributed by atoms with Crippen molar-refractivity contribution in [3.05, 3.63) is 20.8 Å². The van der Waals surface area contributed by atoms with E-state index in [9.17, 15) is 0 Å². The first-order valence-electron chi connectivity index (χ1n) is 6.12. The minimum absolute atomic E-state index is 0.484. The first-order chi connectivity index (χ1) is 7.73. The van der Waals surface area contributed by atoms with Crippen LogP contribution >= 0.6 is 27.3 Å². The van der Waals surface area contributed by atoms with E-state index in [-0.39, 0.29) is 0 Å². The van der Waals surface area contributed by atoms with Crippen molar-refractivity contribution in [2.75, 3.05) is 7.05 Å². The number of hydrogen-bond acceptors (Lipinski definition) is 2. The van der Waals surface area contributed by atoms with Crippen LogP contribution in [0.5, 0.6) is 0 Å². The highest BCUT2D eigenvalue weighted by Gasteiger charge is 2.40. The first kappa shape index (κ1) is 12.6. The molecule has 2 rings (SSSR count). The molecule has 0 aromatic carbocycles. The Hall–Kier alpha value is 0.140. The SMILES string of the molecule is CCC1(C(NC)c2cscc2Br)CCCC1. The molecule has 1 atom stereocenters. The van der Waals surface area contributed by atoms with Gasteiger partial charge < -0.3 is 5.32 Å². The van der Waals surface area contributed by atoms with Crippen LogP contribution in [0.4, 0.5) is 0 Å². The Balaban J connectivity index is 2.31. The van der Waals surface area contributed by atoms with Crippen LogP contribution in [-0.2, 0) is 0 Å². The molecule has 16 heavy (non-hydrogen) atoms. The summed E-state index contributed by atoms with van der Waals surface area (Å²) in [6, 6.07) is 0.514. The second-order valence-corrected chi connectivity index (χ2v) is 6.42. The standard InChI is InChI=1S/C13H20BrNS/c1-3-13(6-4-5-7-13)12(15-2)10-8-16-9-11(10)14/h8-9,12,15H,3-7H2,1-2H3. The van der Waals surface area contributed by atoms with E-state index in [2.05, 4.69) is 46.0 Å². The lowest BCUT2D eigenvalue weighted by molar-refractivity contribution is 0.195. The van der Waals surface area contributed by atoms with Crippen LogP contribution in [0.25, 0.3) is 0 Å². The zero-order valence-electron chi connectivity index (χ0n) is 10.1. The van der Waals surface area contributed by atoms with E-state index >= 15 is 0 Å². The predicted molar refractivity (Wildman–Crippen MR) is 75.0 cm³/mol. The summed E-state index contributed by atoms with van der Waals surface area (Å²) < 4.78 is 1.27. The molecule has 1 aliphatic rings. The van der Waals surface area contributed by atoms with Crippen LogP contribution in [0.1, 0.15) is 50.6 Å². The Labute approximate surface area is 111 Å². The van der Waals surface area contributed by atoms with Crippen molar-refractivity contribution in [3.63, 3.8) is 0 Å². The molecule has 0 bridgehead atoms. The van der Waals surface area contributed by atoms with E-state index in [1.807, 2.05) is 0 Å². The lowest BCUT2D eigenvalue weighted by Crippen LogP contribution is -2.34. The van der Waals surface area contributed by atoms with Gasteiger partial charge in [-0.05, 0) is 58.6 Å². The Morgan fingerprint density at radius 1 is 1.44 bits per heavy atom. The van der Waals surface area contributed by atoms with Gasteiger partial charge in [-0.3, -0.25) is 0 Å². The molecule has 0 spiro atoms. The monoisotopic (exact) mass is 301 g/mol. The molecule has 1 saturated carbocycles. The van der Waals surface area contributed by atoms with Crippen molar-refractivity contribution < 1.29 is 0 Å². The summed E-state index contributed by atoms with van der Waals surface area (Å²) >= 11 is 5.47. The van der Waals surface area contributed by atoms with Crippen LogP contribution < -0.4 is 5.32 Å². The van der Waals surface area contributed by atoms with Gasteiger partial charge in [0, 0.05) is 15.9 Å². The Morgan fingerprint density at radius 2 is 2.12 bits per heavy atom. The maximum absolute atomic E-state index is 3.68. The second-order valence-electron chi connectivity index (χ2n) is 4.82. The highest BCUT2D eigenvalue weighted by molar-refractivity contribution is 9.10. The summed E-state index contributed by atoms with van der Waals surface area (Å²) in [7, 11) is 2.10. The molecule has 1 nitrogen and oxygen atoms in total. The van der Waals surface area contributed by atoms with Crippen molar-refractivity contribution in [2.45, 2.75) is 45.1 Å². The Bertz CT molecular complexity index is 341. The van der Waals surface area contributed by atoms with Crippen LogP contribution in [0.15, 0.2) is 15.2 Å². The molecule has 0 radical (unpaired) electrons. The zero-order chi connectivity index (χ0) is 11.6. The van der Waals surface area contributed by atoms with Gasteiger partial charge in [0.2, 0.25) is 0 Å². The maximum Gasteiger partial charge on any atom is 0.0394 e. The summed E-state index contributed by atoms with van der Waals surface area (Å²) in [4.78, 5) is 0. The van der Waals surface area contributed by atoms with Crippen LogP contribution in [0.3, 0.4) is 0 Å². The summed E-state index contributed by atoms with van der Waals surface area (Å²) in [5.41, 5.74) is 1.94. The molecule has 90 valence electrons. The van der Waals surface area contributed by atoms with E-state index in [1.54, 1.807) is 11.3 Å². The average Bonchev–Trinajstić information content (AvgIpc) is 2.91. The predicted octanol–water partition coefficient (Wildman–Crippen LogP) is 4.74. The quantitative estimate of drug-likeness (QED) is 0.847. The van der Waals surface area contributed by atoms with Gasteiger partial charge >= 0.3 is 0 Å². The highest BCUT2D eigenvalue weighted by atomic mass is 79.9. The van der Waals surface area contributed by atoms with Gasteiger partial charge in [0.25, 0.3) is 0 Å². The highest BCUT2D eigenvalue weighted by Crippen LogP contribution is 2.51. The smallest absolute Gasteiger partial charge is 0.0394 e. The van der Waals surface area contributed by atoms with Crippen molar-refractivity contribution in [2.24, 2.45) is 5.41 Å². The molecule has 1 fully saturated rings. The van der Waals surface area contributed by atoms with Gasteiger partial charge in [-0.1, -0.05) is 19.8 Å². The molecule has 1 aliphatic carbocycles. The van der Waals surface area contributed by atoms with Gasteiger partial charge in [0.05, 0.1) is 0 Å². The second kappa shape index (κ2) is 5.19. The Kier molecular flexibility index (Phi) is 4.09. The van der Waals surface area contributed by atoms with Crippen molar-refractivity contribution in [1.29, 1.82) is 0 Å². The molecular weight excluding hydrogens is 282 g/mol. The largest absolute Gasteiger partial charge is 0.312 e. The number of hydrogen-bond donors (Lipinski definition) is 1. The summed E-state index contributed by atoms with van der Waals surface area (Å²) in [6.45, 7) is 2.34. The molecule has 0 amide bonds. The summed E-state index contributed by atoms with van der Waals surface area (Å²) in [5, 5.41) is 8.04. The maximum atomic E-state index is 3.68. The van der Waals surface area contributed by atoms with Gasteiger partial charge in [-0.2, -0.15) is 11.3 Å². The lowest BCUT2D eigenvalue weighted by Gasteiger charge is -2.37. The molecule has 1 heterocycles. The third kappa shape index (κ3) is 2.09. The molecule has 3 heteroatoms. The summed E-state index contributed by atoms with van der Waals surface area (Å²) in [5.74, 6) is 0. The lowest BCUT2D eigenvalue weighted by atomic mass is 9.74. The van der Waals surface area contributed by atoms with E-state index in [0.29, 0.717) is 11.5 Å². The molecule has 1 aromatic heterocycles. The van der Waals surface area contributed by atoms with Crippen LogP contribution in [-0.4, -0.2) is 7.05 Å². The molecule has 1 unspecified atom stereocenters. The van der Waals surface area contributed by atoms with Crippen molar-refractivity contribution in [1.82, 2.24) is 5.32 Å². The number of halogens is 1.